The van der Waals surface area contributed by atoms with Crippen LogP contribution in [0.3, 0.4) is 0 Å². The number of para-hydroxylation sites is 1. The van der Waals surface area contributed by atoms with Crippen LogP contribution >= 0.6 is 0 Å². The molecule has 1 saturated heterocycles. The summed E-state index contributed by atoms with van der Waals surface area (Å²) in [5.74, 6) is -0.0702. The van der Waals surface area contributed by atoms with E-state index >= 15 is 0 Å². The number of aromatic nitrogens is 4. The van der Waals surface area contributed by atoms with Crippen molar-refractivity contribution in [1.29, 1.82) is 0 Å². The fourth-order valence-electron chi connectivity index (χ4n) is 4.15. The fourth-order valence-corrected chi connectivity index (χ4v) is 4.15. The lowest BCUT2D eigenvalue weighted by atomic mass is 10.1. The molecule has 7 heteroatoms. The van der Waals surface area contributed by atoms with E-state index < -0.39 is 0 Å². The molecule has 0 unspecified atom stereocenters. The van der Waals surface area contributed by atoms with E-state index in [1.165, 1.54) is 24.1 Å². The van der Waals surface area contributed by atoms with Gasteiger partial charge in [-0.1, -0.05) is 18.2 Å². The average molecular weight is 393 g/mol. The molecule has 1 N–H and O–H groups in total. The zero-order valence-electron chi connectivity index (χ0n) is 17.6. The number of amides is 1. The maximum Gasteiger partial charge on any atom is 0.271 e. The first-order valence-electron chi connectivity index (χ1n) is 10.1. The number of carbonyl (C=O) groups excluding carboxylic acids is 1. The number of carbonyl (C=O) groups is 1. The Morgan fingerprint density at radius 2 is 1.93 bits per heavy atom. The van der Waals surface area contributed by atoms with Crippen LogP contribution in [0.25, 0.3) is 11.3 Å². The third kappa shape index (κ3) is 3.64. The molecule has 29 heavy (non-hydrogen) atoms. The maximum atomic E-state index is 13.0. The second-order valence-electron chi connectivity index (χ2n) is 7.82. The van der Waals surface area contributed by atoms with E-state index in [1.54, 1.807) is 4.90 Å². The van der Waals surface area contributed by atoms with Crippen LogP contribution in [-0.4, -0.2) is 50.9 Å². The molecule has 1 aliphatic heterocycles. The van der Waals surface area contributed by atoms with E-state index in [1.807, 2.05) is 44.8 Å². The van der Waals surface area contributed by atoms with E-state index in [0.717, 1.165) is 35.7 Å². The van der Waals surface area contributed by atoms with Gasteiger partial charge in [0.25, 0.3) is 5.91 Å². The third-order valence-electron chi connectivity index (χ3n) is 5.77. The summed E-state index contributed by atoms with van der Waals surface area (Å²) in [6.07, 6.45) is 2.46. The number of nitrogens with zero attached hydrogens (tertiary/aromatic N) is 5. The van der Waals surface area contributed by atoms with Crippen molar-refractivity contribution in [3.8, 4) is 11.3 Å². The predicted molar refractivity (Wildman–Crippen MR) is 114 cm³/mol. The number of rotatable bonds is 5. The topological polar surface area (TPSA) is 70.1 Å². The first kappa shape index (κ1) is 19.2. The summed E-state index contributed by atoms with van der Waals surface area (Å²) < 4.78 is 1.84. The monoisotopic (exact) mass is 392 g/mol. The highest BCUT2D eigenvalue weighted by Gasteiger charge is 2.21. The summed E-state index contributed by atoms with van der Waals surface area (Å²) >= 11 is 0. The third-order valence-corrected chi connectivity index (χ3v) is 5.77. The normalized spacial score (nSPS) is 13.9. The molecule has 4 rings (SSSR count). The smallest absolute Gasteiger partial charge is 0.271 e. The number of anilines is 1. The van der Waals surface area contributed by atoms with Gasteiger partial charge < -0.3 is 9.80 Å². The maximum absolute atomic E-state index is 13.0. The number of nitrogens with one attached hydrogen (secondary N) is 1. The molecule has 0 atom stereocenters. The lowest BCUT2D eigenvalue weighted by molar-refractivity contribution is 0.0779. The Labute approximate surface area is 171 Å². The minimum Gasteiger partial charge on any atom is -0.371 e. The molecule has 0 radical (unpaired) electrons. The number of hydrogen-bond donors (Lipinski definition) is 1. The standard InChI is InChI=1S/C22H28N6O/c1-15-21(16(2)27(4)25-15)18-13-19(24-23-18)22(29)26(3)14-17-9-5-6-10-20(17)28-11-7-8-12-28/h5-6,9-10,13H,7-8,11-12,14H2,1-4H3,(H,23,24). The highest BCUT2D eigenvalue weighted by Crippen LogP contribution is 2.27. The summed E-state index contributed by atoms with van der Waals surface area (Å²) in [4.78, 5) is 17.2. The fraction of sp³-hybridized carbons (Fsp3) is 0.409. The summed E-state index contributed by atoms with van der Waals surface area (Å²) in [5.41, 5.74) is 6.56. The Bertz CT molecular complexity index is 1030. The van der Waals surface area contributed by atoms with Crippen LogP contribution in [0.4, 0.5) is 5.69 Å². The quantitative estimate of drug-likeness (QED) is 0.723. The van der Waals surface area contributed by atoms with Crippen LogP contribution in [0.5, 0.6) is 0 Å². The highest BCUT2D eigenvalue weighted by atomic mass is 16.2. The molecular formula is C22H28N6O. The lowest BCUT2D eigenvalue weighted by Gasteiger charge is -2.24. The van der Waals surface area contributed by atoms with Crippen molar-refractivity contribution in [3.05, 3.63) is 53.0 Å². The first-order valence-corrected chi connectivity index (χ1v) is 10.1. The number of aromatic amines is 1. The number of hydrogen-bond acceptors (Lipinski definition) is 4. The molecule has 7 nitrogen and oxygen atoms in total. The summed E-state index contributed by atoms with van der Waals surface area (Å²) in [6.45, 7) is 6.70. The summed E-state index contributed by atoms with van der Waals surface area (Å²) in [6, 6.07) is 10.2. The van der Waals surface area contributed by atoms with Gasteiger partial charge in [0, 0.05) is 50.7 Å². The minimum absolute atomic E-state index is 0.0702. The van der Waals surface area contributed by atoms with Gasteiger partial charge in [0.1, 0.15) is 5.69 Å². The van der Waals surface area contributed by atoms with E-state index in [-0.39, 0.29) is 5.91 Å². The molecule has 0 saturated carbocycles. The molecule has 3 aromatic rings. The zero-order valence-corrected chi connectivity index (χ0v) is 17.6. The Balaban J connectivity index is 1.53. The molecule has 0 aliphatic carbocycles. The molecule has 1 amide bonds. The Morgan fingerprint density at radius 1 is 1.21 bits per heavy atom. The average Bonchev–Trinajstić information content (AvgIpc) is 3.44. The predicted octanol–water partition coefficient (Wildman–Crippen LogP) is 3.30. The van der Waals surface area contributed by atoms with Crippen molar-refractivity contribution in [2.75, 3.05) is 25.0 Å². The van der Waals surface area contributed by atoms with E-state index in [0.29, 0.717) is 12.2 Å². The second kappa shape index (κ2) is 7.73. The van der Waals surface area contributed by atoms with Gasteiger partial charge >= 0.3 is 0 Å². The van der Waals surface area contributed by atoms with E-state index in [4.69, 9.17) is 0 Å². The molecule has 1 aromatic carbocycles. The van der Waals surface area contributed by atoms with Crippen molar-refractivity contribution in [3.63, 3.8) is 0 Å². The van der Waals surface area contributed by atoms with Crippen LogP contribution in [-0.2, 0) is 13.6 Å². The van der Waals surface area contributed by atoms with Gasteiger partial charge in [-0.2, -0.15) is 10.2 Å². The van der Waals surface area contributed by atoms with Crippen LogP contribution in [0, 0.1) is 13.8 Å². The highest BCUT2D eigenvalue weighted by molar-refractivity contribution is 5.93. The van der Waals surface area contributed by atoms with Crippen molar-refractivity contribution in [2.24, 2.45) is 7.05 Å². The largest absolute Gasteiger partial charge is 0.371 e. The van der Waals surface area contributed by atoms with Crippen LogP contribution in [0.15, 0.2) is 30.3 Å². The first-order chi connectivity index (χ1) is 14.0. The van der Waals surface area contributed by atoms with Gasteiger partial charge in [-0.3, -0.25) is 14.6 Å². The van der Waals surface area contributed by atoms with Gasteiger partial charge in [0.05, 0.1) is 11.4 Å². The SMILES string of the molecule is Cc1nn(C)c(C)c1-c1cc(C(=O)N(C)Cc2ccccc2N2CCCC2)[nH]n1. The second-order valence-corrected chi connectivity index (χ2v) is 7.82. The minimum atomic E-state index is -0.0702. The molecule has 152 valence electrons. The van der Waals surface area contributed by atoms with Gasteiger partial charge in [-0.15, -0.1) is 0 Å². The lowest BCUT2D eigenvalue weighted by Crippen LogP contribution is -2.28. The molecule has 1 aliphatic rings. The van der Waals surface area contributed by atoms with E-state index in [2.05, 4.69) is 38.4 Å². The Morgan fingerprint density at radius 3 is 2.62 bits per heavy atom. The van der Waals surface area contributed by atoms with Crippen molar-refractivity contribution >= 4 is 11.6 Å². The van der Waals surface area contributed by atoms with Gasteiger partial charge in [0.2, 0.25) is 0 Å². The van der Waals surface area contributed by atoms with Gasteiger partial charge in [-0.05, 0) is 44.4 Å². The Hall–Kier alpha value is -3.09. The molecule has 0 bridgehead atoms. The van der Waals surface area contributed by atoms with Crippen molar-refractivity contribution in [2.45, 2.75) is 33.2 Å². The molecule has 1 fully saturated rings. The van der Waals surface area contributed by atoms with Crippen molar-refractivity contribution < 1.29 is 4.79 Å². The Kier molecular flexibility index (Phi) is 5.13. The van der Waals surface area contributed by atoms with Crippen LogP contribution in [0.2, 0.25) is 0 Å². The number of aryl methyl sites for hydroxylation is 2. The molecule has 0 spiro atoms. The molecule has 2 aromatic heterocycles. The van der Waals surface area contributed by atoms with E-state index in [9.17, 15) is 4.79 Å². The number of H-pyrrole nitrogens is 1. The van der Waals surface area contributed by atoms with Gasteiger partial charge in [-0.25, -0.2) is 0 Å². The van der Waals surface area contributed by atoms with Gasteiger partial charge in [0.15, 0.2) is 0 Å². The molecular weight excluding hydrogens is 364 g/mol. The summed E-state index contributed by atoms with van der Waals surface area (Å²) in [7, 11) is 3.75. The van der Waals surface area contributed by atoms with Crippen LogP contribution in [0.1, 0.15) is 40.3 Å². The van der Waals surface area contributed by atoms with Crippen LogP contribution < -0.4 is 4.90 Å². The molecule has 3 heterocycles. The summed E-state index contributed by atoms with van der Waals surface area (Å²) in [5, 5.41) is 11.7. The van der Waals surface area contributed by atoms with Crippen molar-refractivity contribution in [1.82, 2.24) is 24.9 Å². The number of benzene rings is 1. The zero-order chi connectivity index (χ0) is 20.5.